The number of carbonyl (C=O) groups is 2. The second-order valence-electron chi connectivity index (χ2n) is 8.85. The van der Waals surface area contributed by atoms with Gasteiger partial charge in [0, 0.05) is 84.6 Å². The first-order valence-electron chi connectivity index (χ1n) is 11.2. The van der Waals surface area contributed by atoms with Crippen molar-refractivity contribution in [1.82, 2.24) is 24.5 Å². The predicted octanol–water partition coefficient (Wildman–Crippen LogP) is -0.320. The molecule has 9 nitrogen and oxygen atoms in total. The van der Waals surface area contributed by atoms with Gasteiger partial charge >= 0.3 is 12.1 Å². The molecule has 3 saturated heterocycles. The summed E-state index contributed by atoms with van der Waals surface area (Å²) in [6.45, 7) is 11.9. The quantitative estimate of drug-likeness (QED) is 0.555. The Kier molecular flexibility index (Phi) is 6.89. The summed E-state index contributed by atoms with van der Waals surface area (Å²) in [5.74, 6) is -0.741. The number of aliphatic carboxylic acids is 1. The highest BCUT2D eigenvalue weighted by Crippen LogP contribution is 2.27. The number of nitrogens with zero attached hydrogens (tertiary/aromatic N) is 5. The minimum absolute atomic E-state index is 0.0558. The smallest absolute Gasteiger partial charge is 0.410 e. The zero-order chi connectivity index (χ0) is 20.2. The summed E-state index contributed by atoms with van der Waals surface area (Å²) in [4.78, 5) is 34.4. The van der Waals surface area contributed by atoms with Gasteiger partial charge in [0.1, 0.15) is 6.10 Å². The lowest BCUT2D eigenvalue weighted by Crippen LogP contribution is -2.50. The maximum absolute atomic E-state index is 12.2. The molecule has 0 aromatic heterocycles. The van der Waals surface area contributed by atoms with Crippen LogP contribution >= 0.6 is 0 Å². The number of carboxylic acids is 1. The normalized spacial score (nSPS) is 28.1. The van der Waals surface area contributed by atoms with E-state index in [0.717, 1.165) is 78.0 Å². The molecule has 0 radical (unpaired) electrons. The molecule has 3 aliphatic heterocycles. The summed E-state index contributed by atoms with van der Waals surface area (Å²) in [6, 6.07) is 0.852. The minimum Gasteiger partial charge on any atom is -0.481 e. The molecular formula is C20H35N5O4. The van der Waals surface area contributed by atoms with Crippen LogP contribution in [0.3, 0.4) is 0 Å². The molecule has 29 heavy (non-hydrogen) atoms. The van der Waals surface area contributed by atoms with Gasteiger partial charge in [0.2, 0.25) is 0 Å². The maximum atomic E-state index is 12.2. The average Bonchev–Trinajstić information content (AvgIpc) is 3.50. The highest BCUT2D eigenvalue weighted by molar-refractivity contribution is 5.69. The Morgan fingerprint density at radius 3 is 2.17 bits per heavy atom. The maximum Gasteiger partial charge on any atom is 0.410 e. The molecule has 9 heteroatoms. The van der Waals surface area contributed by atoms with E-state index in [4.69, 9.17) is 9.84 Å². The monoisotopic (exact) mass is 409 g/mol. The predicted molar refractivity (Wildman–Crippen MR) is 108 cm³/mol. The average molecular weight is 410 g/mol. The van der Waals surface area contributed by atoms with Crippen LogP contribution in [0.1, 0.15) is 19.3 Å². The molecule has 1 saturated carbocycles. The molecule has 1 aliphatic carbocycles. The number of rotatable bonds is 9. The van der Waals surface area contributed by atoms with E-state index in [1.54, 1.807) is 0 Å². The topological polar surface area (TPSA) is 79.8 Å². The van der Waals surface area contributed by atoms with Gasteiger partial charge in [0.25, 0.3) is 0 Å². The number of hydrogen-bond donors (Lipinski definition) is 1. The lowest BCUT2D eigenvalue weighted by Gasteiger charge is -2.35. The molecule has 3 heterocycles. The van der Waals surface area contributed by atoms with Crippen LogP contribution in [0, 0.1) is 0 Å². The van der Waals surface area contributed by atoms with Crippen molar-refractivity contribution in [2.75, 3.05) is 85.1 Å². The van der Waals surface area contributed by atoms with Crippen LogP contribution in [0.2, 0.25) is 0 Å². The van der Waals surface area contributed by atoms with Crippen molar-refractivity contribution >= 4 is 12.1 Å². The first kappa shape index (κ1) is 20.8. The number of cyclic esters (lactones) is 1. The molecule has 4 fully saturated rings. The summed E-state index contributed by atoms with van der Waals surface area (Å²) in [5, 5.41) is 8.80. The lowest BCUT2D eigenvalue weighted by molar-refractivity contribution is -0.137. The van der Waals surface area contributed by atoms with Gasteiger partial charge in [-0.15, -0.1) is 0 Å². The van der Waals surface area contributed by atoms with Gasteiger partial charge in [0.05, 0.1) is 13.0 Å². The van der Waals surface area contributed by atoms with Gasteiger partial charge in [-0.3, -0.25) is 19.5 Å². The van der Waals surface area contributed by atoms with Crippen LogP contribution in [0.4, 0.5) is 4.79 Å². The van der Waals surface area contributed by atoms with E-state index < -0.39 is 5.97 Å². The third-order valence-corrected chi connectivity index (χ3v) is 6.67. The number of hydrogen-bond acceptors (Lipinski definition) is 7. The largest absolute Gasteiger partial charge is 0.481 e. The van der Waals surface area contributed by atoms with Crippen molar-refractivity contribution in [3.8, 4) is 0 Å². The van der Waals surface area contributed by atoms with E-state index in [9.17, 15) is 9.59 Å². The zero-order valence-corrected chi connectivity index (χ0v) is 17.4. The molecule has 4 aliphatic rings. The van der Waals surface area contributed by atoms with Gasteiger partial charge in [-0.1, -0.05) is 0 Å². The van der Waals surface area contributed by atoms with Gasteiger partial charge in [-0.05, 0) is 12.8 Å². The van der Waals surface area contributed by atoms with Crippen LogP contribution < -0.4 is 0 Å². The molecule has 0 aromatic rings. The number of piperazine rings is 2. The van der Waals surface area contributed by atoms with Crippen LogP contribution in [0.25, 0.3) is 0 Å². The SMILES string of the molecule is O=C(O)CCN1CCN(CC2CN(CCN3CCN(C4CC4)CC3)C(=O)O2)CC1. The third-order valence-electron chi connectivity index (χ3n) is 6.67. The van der Waals surface area contributed by atoms with Crippen molar-refractivity contribution in [2.45, 2.75) is 31.4 Å². The van der Waals surface area contributed by atoms with Crippen LogP contribution in [0.15, 0.2) is 0 Å². The van der Waals surface area contributed by atoms with E-state index in [-0.39, 0.29) is 18.6 Å². The molecule has 1 atom stereocenters. The number of carboxylic acid groups (broad SMARTS) is 1. The lowest BCUT2D eigenvalue weighted by atomic mass is 10.2. The Labute approximate surface area is 173 Å². The van der Waals surface area contributed by atoms with Gasteiger partial charge in [0.15, 0.2) is 0 Å². The molecule has 0 bridgehead atoms. The van der Waals surface area contributed by atoms with Crippen molar-refractivity contribution in [3.05, 3.63) is 0 Å². The summed E-state index contributed by atoms with van der Waals surface area (Å²) in [7, 11) is 0. The highest BCUT2D eigenvalue weighted by atomic mass is 16.6. The number of carbonyl (C=O) groups excluding carboxylic acids is 1. The number of ether oxygens (including phenoxy) is 1. The van der Waals surface area contributed by atoms with E-state index >= 15 is 0 Å². The standard InChI is InChI=1S/C20H35N5O4/c26-19(27)3-4-21-5-7-23(8-6-21)15-18-16-25(20(28)29-18)14-11-22-9-12-24(13-10-22)17-1-2-17/h17-18H,1-16H2,(H,26,27). The first-order chi connectivity index (χ1) is 14.1. The Morgan fingerprint density at radius 2 is 1.52 bits per heavy atom. The van der Waals surface area contributed by atoms with Crippen LogP contribution in [-0.2, 0) is 9.53 Å². The summed E-state index contributed by atoms with van der Waals surface area (Å²) in [5.41, 5.74) is 0. The fourth-order valence-corrected chi connectivity index (χ4v) is 4.64. The van der Waals surface area contributed by atoms with Gasteiger partial charge < -0.3 is 19.6 Å². The minimum atomic E-state index is -0.741. The fraction of sp³-hybridized carbons (Fsp3) is 0.900. The second-order valence-corrected chi connectivity index (χ2v) is 8.85. The molecule has 1 unspecified atom stereocenters. The second kappa shape index (κ2) is 9.59. The summed E-state index contributed by atoms with van der Waals surface area (Å²) < 4.78 is 5.61. The van der Waals surface area contributed by atoms with Crippen molar-refractivity contribution in [2.24, 2.45) is 0 Å². The zero-order valence-electron chi connectivity index (χ0n) is 17.4. The van der Waals surface area contributed by atoms with E-state index in [0.29, 0.717) is 13.1 Å². The number of amides is 1. The molecule has 164 valence electrons. The van der Waals surface area contributed by atoms with Crippen LogP contribution in [-0.4, -0.2) is 139 Å². The van der Waals surface area contributed by atoms with Crippen molar-refractivity contribution in [3.63, 3.8) is 0 Å². The molecule has 1 amide bonds. The van der Waals surface area contributed by atoms with Crippen molar-refractivity contribution < 1.29 is 19.4 Å². The Balaban J connectivity index is 1.11. The van der Waals surface area contributed by atoms with Crippen LogP contribution in [0.5, 0.6) is 0 Å². The molecule has 0 aromatic carbocycles. The van der Waals surface area contributed by atoms with Gasteiger partial charge in [-0.2, -0.15) is 0 Å². The third kappa shape index (κ3) is 6.04. The first-order valence-corrected chi connectivity index (χ1v) is 11.2. The fourth-order valence-electron chi connectivity index (χ4n) is 4.64. The van der Waals surface area contributed by atoms with E-state index in [1.807, 2.05) is 4.90 Å². The van der Waals surface area contributed by atoms with E-state index in [1.165, 1.54) is 12.8 Å². The molecule has 4 rings (SSSR count). The molecule has 1 N–H and O–H groups in total. The Bertz CT molecular complexity index is 571. The Morgan fingerprint density at radius 1 is 0.897 bits per heavy atom. The highest BCUT2D eigenvalue weighted by Gasteiger charge is 2.34. The van der Waals surface area contributed by atoms with Crippen molar-refractivity contribution in [1.29, 1.82) is 0 Å². The molecular weight excluding hydrogens is 374 g/mol. The van der Waals surface area contributed by atoms with E-state index in [2.05, 4.69) is 19.6 Å². The summed E-state index contributed by atoms with van der Waals surface area (Å²) >= 11 is 0. The Hall–Kier alpha value is -1.42. The molecule has 0 spiro atoms. The summed E-state index contributed by atoms with van der Waals surface area (Å²) in [6.07, 6.45) is 2.72. The van der Waals surface area contributed by atoms with Gasteiger partial charge in [-0.25, -0.2) is 4.79 Å².